The van der Waals surface area contributed by atoms with E-state index in [0.717, 1.165) is 10.4 Å². The van der Waals surface area contributed by atoms with Gasteiger partial charge in [0.1, 0.15) is 0 Å². The Kier molecular flexibility index (Phi) is 5.45. The van der Waals surface area contributed by atoms with E-state index in [1.54, 1.807) is 0 Å². The van der Waals surface area contributed by atoms with E-state index in [2.05, 4.69) is 58.5 Å². The lowest BCUT2D eigenvalue weighted by atomic mass is 9.89. The van der Waals surface area contributed by atoms with Gasteiger partial charge in [0.2, 0.25) is 0 Å². The van der Waals surface area contributed by atoms with Crippen LogP contribution in [0.4, 0.5) is 0 Å². The van der Waals surface area contributed by atoms with Crippen molar-refractivity contribution in [1.29, 1.82) is 0 Å². The normalized spacial score (nSPS) is 26.8. The quantitative estimate of drug-likeness (QED) is 0.706. The van der Waals surface area contributed by atoms with Gasteiger partial charge in [0.15, 0.2) is 0 Å². The lowest BCUT2D eigenvalue weighted by Crippen LogP contribution is -2.51. The minimum atomic E-state index is 0.900. The highest BCUT2D eigenvalue weighted by atomic mass is 15.3. The largest absolute Gasteiger partial charge is 0.331 e. The maximum atomic E-state index is 2.47. The zero-order valence-electron chi connectivity index (χ0n) is 14.5. The van der Waals surface area contributed by atoms with Gasteiger partial charge in [-0.05, 0) is 30.7 Å². The number of hydrogen-bond donors (Lipinski definition) is 0. The fourth-order valence-electron chi connectivity index (χ4n) is 3.55. The van der Waals surface area contributed by atoms with Crippen molar-refractivity contribution >= 4 is 0 Å². The first kappa shape index (κ1) is 16.5. The summed E-state index contributed by atoms with van der Waals surface area (Å²) in [5, 5.41) is 0. The van der Waals surface area contributed by atoms with Gasteiger partial charge in [-0.15, -0.1) is 0 Å². The molecule has 0 bridgehead atoms. The van der Waals surface area contributed by atoms with Gasteiger partial charge in [0.25, 0.3) is 0 Å². The van der Waals surface area contributed by atoms with Gasteiger partial charge in [-0.1, -0.05) is 30.3 Å². The predicted molar refractivity (Wildman–Crippen MR) is 91.2 cm³/mol. The maximum Gasteiger partial charge on any atom is 0.0838 e. The average Bonchev–Trinajstić information content (AvgIpc) is 2.41. The van der Waals surface area contributed by atoms with E-state index in [1.807, 2.05) is 0 Å². The van der Waals surface area contributed by atoms with Crippen molar-refractivity contribution in [2.75, 3.05) is 54.4 Å². The first-order chi connectivity index (χ1) is 9.86. The minimum Gasteiger partial charge on any atom is -0.331 e. The average molecular weight is 290 g/mol. The number of likely N-dealkylation sites (tertiary alicyclic amines) is 1. The molecular weight excluding hydrogens is 256 g/mol. The molecule has 2 heteroatoms. The van der Waals surface area contributed by atoms with E-state index in [9.17, 15) is 0 Å². The third-order valence-electron chi connectivity index (χ3n) is 5.05. The summed E-state index contributed by atoms with van der Waals surface area (Å²) in [6, 6.07) is 11.0. The summed E-state index contributed by atoms with van der Waals surface area (Å²) in [4.78, 5) is 0. The second kappa shape index (κ2) is 6.93. The Morgan fingerprint density at radius 1 is 1.05 bits per heavy atom. The molecule has 0 aliphatic carbocycles. The van der Waals surface area contributed by atoms with Crippen molar-refractivity contribution < 1.29 is 8.97 Å². The molecule has 118 valence electrons. The second-order valence-electron chi connectivity index (χ2n) is 8.29. The van der Waals surface area contributed by atoms with Crippen LogP contribution in [0, 0.1) is 5.92 Å². The van der Waals surface area contributed by atoms with Crippen LogP contribution in [0.5, 0.6) is 0 Å². The van der Waals surface area contributed by atoms with Crippen LogP contribution in [0.3, 0.4) is 0 Å². The van der Waals surface area contributed by atoms with Crippen LogP contribution in [0.15, 0.2) is 30.3 Å². The van der Waals surface area contributed by atoms with E-state index in [-0.39, 0.29) is 0 Å². The molecule has 1 heterocycles. The molecule has 2 nitrogen and oxygen atoms in total. The number of piperidine rings is 1. The van der Waals surface area contributed by atoms with Crippen LogP contribution < -0.4 is 0 Å². The fraction of sp³-hybridized carbons (Fsp3) is 0.684. The van der Waals surface area contributed by atoms with Gasteiger partial charge >= 0.3 is 0 Å². The summed E-state index contributed by atoms with van der Waals surface area (Å²) < 4.78 is 2.39. The van der Waals surface area contributed by atoms with E-state index in [4.69, 9.17) is 0 Å². The summed E-state index contributed by atoms with van der Waals surface area (Å²) in [5.74, 6) is 0.900. The highest BCUT2D eigenvalue weighted by molar-refractivity contribution is 5.15. The molecule has 0 aromatic heterocycles. The summed E-state index contributed by atoms with van der Waals surface area (Å²) in [7, 11) is 9.36. The Morgan fingerprint density at radius 3 is 2.24 bits per heavy atom. The first-order valence-corrected chi connectivity index (χ1v) is 8.54. The lowest BCUT2D eigenvalue weighted by Gasteiger charge is -2.41. The van der Waals surface area contributed by atoms with Gasteiger partial charge in [0.05, 0.1) is 54.4 Å². The SMILES string of the molecule is C[N+](C)(C)CCC[N+]1(C)CCC(Cc2ccccc2)CC1. The molecule has 0 N–H and O–H groups in total. The zero-order chi connectivity index (χ0) is 15.3. The molecule has 1 saturated heterocycles. The van der Waals surface area contributed by atoms with Crippen molar-refractivity contribution in [2.45, 2.75) is 25.7 Å². The molecule has 0 radical (unpaired) electrons. The Morgan fingerprint density at radius 2 is 1.67 bits per heavy atom. The second-order valence-corrected chi connectivity index (χ2v) is 8.29. The van der Waals surface area contributed by atoms with Crippen molar-refractivity contribution in [3.8, 4) is 0 Å². The van der Waals surface area contributed by atoms with Crippen LogP contribution in [-0.4, -0.2) is 63.3 Å². The summed E-state index contributed by atoms with van der Waals surface area (Å²) >= 11 is 0. The number of quaternary nitrogens is 2. The molecule has 21 heavy (non-hydrogen) atoms. The summed E-state index contributed by atoms with van der Waals surface area (Å²) in [5.41, 5.74) is 1.52. The number of nitrogens with zero attached hydrogens (tertiary/aromatic N) is 2. The molecule has 1 aliphatic heterocycles. The minimum absolute atomic E-state index is 0.900. The standard InChI is InChI=1S/C19H34N2/c1-20(2,3)13-8-14-21(4)15-11-19(12-16-21)17-18-9-6-5-7-10-18/h5-7,9-10,19H,8,11-17H2,1-4H3/q+2. The summed E-state index contributed by atoms with van der Waals surface area (Å²) in [6.45, 7) is 5.39. The van der Waals surface area contributed by atoms with Gasteiger partial charge in [0, 0.05) is 6.42 Å². The first-order valence-electron chi connectivity index (χ1n) is 8.54. The van der Waals surface area contributed by atoms with Gasteiger partial charge in [-0.3, -0.25) is 0 Å². The predicted octanol–water partition coefficient (Wildman–Crippen LogP) is 3.18. The maximum absolute atomic E-state index is 2.47. The monoisotopic (exact) mass is 290 g/mol. The molecule has 0 saturated carbocycles. The molecule has 1 aliphatic rings. The van der Waals surface area contributed by atoms with Crippen molar-refractivity contribution in [1.82, 2.24) is 0 Å². The Bertz CT molecular complexity index is 411. The van der Waals surface area contributed by atoms with Crippen LogP contribution in [0.2, 0.25) is 0 Å². The topological polar surface area (TPSA) is 0 Å². The molecule has 0 unspecified atom stereocenters. The highest BCUT2D eigenvalue weighted by Gasteiger charge is 2.30. The van der Waals surface area contributed by atoms with Crippen LogP contribution in [-0.2, 0) is 6.42 Å². The molecular formula is C19H34N2+2. The zero-order valence-corrected chi connectivity index (χ0v) is 14.5. The molecule has 0 spiro atoms. The van der Waals surface area contributed by atoms with E-state index in [1.165, 1.54) is 61.9 Å². The molecule has 2 rings (SSSR count). The summed E-state index contributed by atoms with van der Waals surface area (Å²) in [6.07, 6.45) is 5.43. The number of rotatable bonds is 6. The smallest absolute Gasteiger partial charge is 0.0838 e. The van der Waals surface area contributed by atoms with Crippen LogP contribution in [0.25, 0.3) is 0 Å². The molecule has 1 aromatic carbocycles. The van der Waals surface area contributed by atoms with Crippen molar-refractivity contribution in [3.63, 3.8) is 0 Å². The third kappa shape index (κ3) is 5.80. The lowest BCUT2D eigenvalue weighted by molar-refractivity contribution is -0.922. The van der Waals surface area contributed by atoms with Crippen molar-refractivity contribution in [3.05, 3.63) is 35.9 Å². The van der Waals surface area contributed by atoms with E-state index < -0.39 is 0 Å². The number of benzene rings is 1. The Hall–Kier alpha value is -0.860. The molecule has 0 atom stereocenters. The Balaban J connectivity index is 1.74. The third-order valence-corrected chi connectivity index (χ3v) is 5.05. The fourth-order valence-corrected chi connectivity index (χ4v) is 3.55. The van der Waals surface area contributed by atoms with E-state index >= 15 is 0 Å². The molecule has 0 amide bonds. The number of hydrogen-bond acceptors (Lipinski definition) is 0. The van der Waals surface area contributed by atoms with Crippen LogP contribution >= 0.6 is 0 Å². The van der Waals surface area contributed by atoms with Gasteiger partial charge in [-0.2, -0.15) is 0 Å². The van der Waals surface area contributed by atoms with Gasteiger partial charge in [-0.25, -0.2) is 0 Å². The van der Waals surface area contributed by atoms with Gasteiger partial charge < -0.3 is 8.97 Å². The van der Waals surface area contributed by atoms with E-state index in [0.29, 0.717) is 0 Å². The van der Waals surface area contributed by atoms with Crippen LogP contribution in [0.1, 0.15) is 24.8 Å². The molecule has 1 aromatic rings. The molecule has 1 fully saturated rings. The van der Waals surface area contributed by atoms with Crippen molar-refractivity contribution in [2.24, 2.45) is 5.92 Å². The highest BCUT2D eigenvalue weighted by Crippen LogP contribution is 2.25. The Labute approximate surface area is 131 Å².